The molecule has 3 heteroatoms. The fourth-order valence-corrected chi connectivity index (χ4v) is 3.67. The van der Waals surface area contributed by atoms with Gasteiger partial charge in [0.25, 0.3) is 0 Å². The minimum atomic E-state index is 0.500. The number of thiophene rings is 1. The third-order valence-electron chi connectivity index (χ3n) is 3.70. The predicted molar refractivity (Wildman–Crippen MR) is 78.1 cm³/mol. The smallest absolute Gasteiger partial charge is 0.0731 e. The molecule has 1 N–H and O–H groups in total. The van der Waals surface area contributed by atoms with E-state index in [2.05, 4.69) is 18.3 Å². The van der Waals surface area contributed by atoms with Crippen molar-refractivity contribution in [3.8, 4) is 0 Å². The van der Waals surface area contributed by atoms with E-state index in [1.165, 1.54) is 53.8 Å². The number of nitrogens with one attached hydrogen (secondary N) is 1. The number of aryl methyl sites for hydroxylation is 1. The van der Waals surface area contributed by atoms with Gasteiger partial charge in [0.05, 0.1) is 12.7 Å². The van der Waals surface area contributed by atoms with Crippen molar-refractivity contribution < 1.29 is 4.74 Å². The first-order valence-corrected chi connectivity index (χ1v) is 7.95. The van der Waals surface area contributed by atoms with Gasteiger partial charge in [-0.2, -0.15) is 0 Å². The van der Waals surface area contributed by atoms with Crippen LogP contribution in [0.5, 0.6) is 0 Å². The zero-order valence-electron chi connectivity index (χ0n) is 11.6. The maximum atomic E-state index is 6.11. The first kappa shape index (κ1) is 14.0. The Balaban J connectivity index is 1.84. The van der Waals surface area contributed by atoms with E-state index >= 15 is 0 Å². The minimum Gasteiger partial charge on any atom is -0.374 e. The molecule has 0 aliphatic heterocycles. The maximum absolute atomic E-state index is 6.11. The van der Waals surface area contributed by atoms with Crippen LogP contribution in [-0.4, -0.2) is 13.2 Å². The second-order valence-corrected chi connectivity index (χ2v) is 6.59. The van der Waals surface area contributed by atoms with Gasteiger partial charge in [0.15, 0.2) is 0 Å². The highest BCUT2D eigenvalue weighted by molar-refractivity contribution is 7.12. The molecule has 0 unspecified atom stereocenters. The van der Waals surface area contributed by atoms with Gasteiger partial charge in [-0.05, 0) is 38.4 Å². The summed E-state index contributed by atoms with van der Waals surface area (Å²) in [4.78, 5) is 2.82. The molecular weight excluding hydrogens is 242 g/mol. The predicted octanol–water partition coefficient (Wildman–Crippen LogP) is 4.02. The molecule has 0 atom stereocenters. The van der Waals surface area contributed by atoms with Crippen molar-refractivity contribution in [2.24, 2.45) is 0 Å². The van der Waals surface area contributed by atoms with Crippen LogP contribution < -0.4 is 5.32 Å². The zero-order chi connectivity index (χ0) is 12.8. The van der Waals surface area contributed by atoms with Gasteiger partial charge >= 0.3 is 0 Å². The molecule has 1 aliphatic rings. The molecule has 0 bridgehead atoms. The Hall–Kier alpha value is -0.380. The SMILES string of the molecule is CNCc1cc(COC2CCCCCC2)c(C)s1. The number of hydrogen-bond acceptors (Lipinski definition) is 3. The van der Waals surface area contributed by atoms with Gasteiger partial charge in [0, 0.05) is 16.3 Å². The Kier molecular flexibility index (Phi) is 5.67. The summed E-state index contributed by atoms with van der Waals surface area (Å²) in [5.74, 6) is 0. The fourth-order valence-electron chi connectivity index (χ4n) is 2.61. The van der Waals surface area contributed by atoms with Crippen molar-refractivity contribution in [3.05, 3.63) is 21.4 Å². The molecule has 1 fully saturated rings. The van der Waals surface area contributed by atoms with E-state index in [9.17, 15) is 0 Å². The summed E-state index contributed by atoms with van der Waals surface area (Å²) in [7, 11) is 2.00. The number of hydrogen-bond donors (Lipinski definition) is 1. The molecule has 1 saturated carbocycles. The van der Waals surface area contributed by atoms with Crippen LogP contribution in [0.3, 0.4) is 0 Å². The summed E-state index contributed by atoms with van der Waals surface area (Å²) >= 11 is 1.89. The second kappa shape index (κ2) is 7.27. The molecule has 0 amide bonds. The van der Waals surface area contributed by atoms with Crippen LogP contribution in [-0.2, 0) is 17.9 Å². The molecule has 1 aliphatic carbocycles. The van der Waals surface area contributed by atoms with E-state index < -0.39 is 0 Å². The van der Waals surface area contributed by atoms with E-state index in [-0.39, 0.29) is 0 Å². The average molecular weight is 267 g/mol. The summed E-state index contributed by atoms with van der Waals surface area (Å²) in [6.07, 6.45) is 8.49. The Labute approximate surface area is 115 Å². The highest BCUT2D eigenvalue weighted by Gasteiger charge is 2.13. The van der Waals surface area contributed by atoms with Gasteiger partial charge in [0.1, 0.15) is 0 Å². The first-order chi connectivity index (χ1) is 8.79. The van der Waals surface area contributed by atoms with Gasteiger partial charge in [-0.3, -0.25) is 0 Å². The highest BCUT2D eigenvalue weighted by Crippen LogP contribution is 2.25. The maximum Gasteiger partial charge on any atom is 0.0731 e. The molecule has 102 valence electrons. The molecule has 2 rings (SSSR count). The van der Waals surface area contributed by atoms with Crippen molar-refractivity contribution in [1.82, 2.24) is 5.32 Å². The molecule has 0 saturated heterocycles. The van der Waals surface area contributed by atoms with Crippen LogP contribution >= 0.6 is 11.3 Å². The van der Waals surface area contributed by atoms with Crippen LogP contribution in [0.15, 0.2) is 6.07 Å². The lowest BCUT2D eigenvalue weighted by Crippen LogP contribution is -2.11. The van der Waals surface area contributed by atoms with Gasteiger partial charge in [0.2, 0.25) is 0 Å². The molecule has 1 aromatic heterocycles. The van der Waals surface area contributed by atoms with E-state index in [1.807, 2.05) is 18.4 Å². The molecule has 0 aromatic carbocycles. The third kappa shape index (κ3) is 4.08. The first-order valence-electron chi connectivity index (χ1n) is 7.14. The van der Waals surface area contributed by atoms with Crippen LogP contribution in [0, 0.1) is 6.92 Å². The Morgan fingerprint density at radius 2 is 2.00 bits per heavy atom. The summed E-state index contributed by atoms with van der Waals surface area (Å²) in [5.41, 5.74) is 1.38. The lowest BCUT2D eigenvalue weighted by atomic mass is 10.1. The van der Waals surface area contributed by atoms with Crippen molar-refractivity contribution in [1.29, 1.82) is 0 Å². The Morgan fingerprint density at radius 1 is 1.28 bits per heavy atom. The minimum absolute atomic E-state index is 0.500. The van der Waals surface area contributed by atoms with Gasteiger partial charge < -0.3 is 10.1 Å². The van der Waals surface area contributed by atoms with E-state index in [4.69, 9.17) is 4.74 Å². The summed E-state index contributed by atoms with van der Waals surface area (Å²) in [6.45, 7) is 3.97. The van der Waals surface area contributed by atoms with Gasteiger partial charge in [-0.1, -0.05) is 25.7 Å². The van der Waals surface area contributed by atoms with Crippen LogP contribution in [0.25, 0.3) is 0 Å². The summed E-state index contributed by atoms with van der Waals surface area (Å²) < 4.78 is 6.11. The Morgan fingerprint density at radius 3 is 2.67 bits per heavy atom. The average Bonchev–Trinajstić information content (AvgIpc) is 2.56. The van der Waals surface area contributed by atoms with Crippen LogP contribution in [0.4, 0.5) is 0 Å². The standard InChI is InChI=1S/C15H25NOS/c1-12-13(9-15(18-12)10-16-2)11-17-14-7-5-3-4-6-8-14/h9,14,16H,3-8,10-11H2,1-2H3. The second-order valence-electron chi connectivity index (χ2n) is 5.25. The van der Waals surface area contributed by atoms with Crippen molar-refractivity contribution in [2.45, 2.75) is 64.7 Å². The van der Waals surface area contributed by atoms with Crippen molar-refractivity contribution in [2.75, 3.05) is 7.05 Å². The van der Waals surface area contributed by atoms with Crippen LogP contribution in [0.2, 0.25) is 0 Å². The number of ether oxygens (including phenoxy) is 1. The summed E-state index contributed by atoms with van der Waals surface area (Å²) in [5, 5.41) is 3.21. The third-order valence-corrected chi connectivity index (χ3v) is 4.79. The molecule has 18 heavy (non-hydrogen) atoms. The molecule has 2 nitrogen and oxygen atoms in total. The highest BCUT2D eigenvalue weighted by atomic mass is 32.1. The van der Waals surface area contributed by atoms with E-state index in [0.717, 1.165) is 13.2 Å². The molecule has 1 aromatic rings. The quantitative estimate of drug-likeness (QED) is 0.814. The summed E-state index contributed by atoms with van der Waals surface area (Å²) in [6, 6.07) is 2.30. The van der Waals surface area contributed by atoms with Gasteiger partial charge in [-0.25, -0.2) is 0 Å². The number of rotatable bonds is 5. The largest absolute Gasteiger partial charge is 0.374 e. The zero-order valence-corrected chi connectivity index (χ0v) is 12.4. The fraction of sp³-hybridized carbons (Fsp3) is 0.733. The molecule has 0 spiro atoms. The van der Waals surface area contributed by atoms with E-state index in [1.54, 1.807) is 0 Å². The van der Waals surface area contributed by atoms with Gasteiger partial charge in [-0.15, -0.1) is 11.3 Å². The lowest BCUT2D eigenvalue weighted by Gasteiger charge is -2.15. The van der Waals surface area contributed by atoms with Crippen molar-refractivity contribution >= 4 is 11.3 Å². The monoisotopic (exact) mass is 267 g/mol. The molecule has 1 heterocycles. The topological polar surface area (TPSA) is 21.3 Å². The van der Waals surface area contributed by atoms with E-state index in [0.29, 0.717) is 6.10 Å². The molecule has 0 radical (unpaired) electrons. The van der Waals surface area contributed by atoms with Crippen LogP contribution in [0.1, 0.15) is 53.8 Å². The Bertz CT molecular complexity index is 353. The van der Waals surface area contributed by atoms with Crippen molar-refractivity contribution in [3.63, 3.8) is 0 Å². The normalized spacial score (nSPS) is 17.9. The lowest BCUT2D eigenvalue weighted by molar-refractivity contribution is 0.0309. The molecular formula is C15H25NOS.